The van der Waals surface area contributed by atoms with Crippen LogP contribution in [0.25, 0.3) is 11.0 Å². The maximum absolute atomic E-state index is 5.98. The van der Waals surface area contributed by atoms with Gasteiger partial charge in [0.2, 0.25) is 0 Å². The lowest BCUT2D eigenvalue weighted by Gasteiger charge is -1.95. The summed E-state index contributed by atoms with van der Waals surface area (Å²) in [5.74, 6) is 0. The van der Waals surface area contributed by atoms with Gasteiger partial charge >= 0.3 is 0 Å². The van der Waals surface area contributed by atoms with Gasteiger partial charge in [0.15, 0.2) is 0 Å². The zero-order valence-corrected chi connectivity index (χ0v) is 9.63. The molecule has 0 amide bonds. The molecule has 0 radical (unpaired) electrons. The van der Waals surface area contributed by atoms with E-state index in [1.807, 2.05) is 38.6 Å². The van der Waals surface area contributed by atoms with E-state index < -0.39 is 0 Å². The topological polar surface area (TPSA) is 30.7 Å². The van der Waals surface area contributed by atoms with Crippen LogP contribution in [-0.4, -0.2) is 14.5 Å². The maximum atomic E-state index is 5.98. The van der Waals surface area contributed by atoms with Crippen LogP contribution in [0.3, 0.4) is 0 Å². The number of hydrogen-bond donors (Lipinski definition) is 0. The van der Waals surface area contributed by atoms with E-state index in [2.05, 4.69) is 9.97 Å². The summed E-state index contributed by atoms with van der Waals surface area (Å²) in [5.41, 5.74) is 1.80. The average Bonchev–Trinajstić information content (AvgIpc) is 2.47. The minimum absolute atomic E-state index is 0.714. The molecule has 2 heterocycles. The fourth-order valence-corrected chi connectivity index (χ4v) is 1.67. The van der Waals surface area contributed by atoms with E-state index in [0.717, 1.165) is 16.7 Å². The predicted molar refractivity (Wildman–Crippen MR) is 59.6 cm³/mol. The average molecular weight is 212 g/mol. The fourth-order valence-electron chi connectivity index (χ4n) is 1.30. The molecule has 0 unspecified atom stereocenters. The Hall–Kier alpha value is -1.09. The molecule has 0 saturated carbocycles. The van der Waals surface area contributed by atoms with Crippen molar-refractivity contribution in [3.63, 3.8) is 0 Å². The van der Waals surface area contributed by atoms with E-state index in [-0.39, 0.29) is 0 Å². The van der Waals surface area contributed by atoms with Crippen LogP contribution in [0.15, 0.2) is 12.5 Å². The van der Waals surface area contributed by atoms with Crippen molar-refractivity contribution in [3.8, 4) is 0 Å². The summed E-state index contributed by atoms with van der Waals surface area (Å²) in [5, 5.41) is 1.66. The van der Waals surface area contributed by atoms with Crippen LogP contribution < -0.4 is 0 Å². The number of nitrogens with zero attached hydrogens (tertiary/aromatic N) is 3. The van der Waals surface area contributed by atoms with Gasteiger partial charge in [0.25, 0.3) is 0 Å². The smallest absolute Gasteiger partial charge is 0.144 e. The van der Waals surface area contributed by atoms with Crippen molar-refractivity contribution >= 4 is 22.6 Å². The van der Waals surface area contributed by atoms with Crippen molar-refractivity contribution in [2.75, 3.05) is 0 Å². The molecule has 0 fully saturated rings. The molecule has 0 aliphatic rings. The number of hydrogen-bond acceptors (Lipinski definition) is 2. The molecule has 0 spiro atoms. The van der Waals surface area contributed by atoms with Gasteiger partial charge < -0.3 is 4.57 Å². The highest BCUT2D eigenvalue weighted by Crippen LogP contribution is 2.24. The minimum Gasteiger partial charge on any atom is -0.334 e. The first-order valence-corrected chi connectivity index (χ1v) is 5.00. The molecular weight excluding hydrogens is 198 g/mol. The Balaban J connectivity index is 0.000000461. The SMILES string of the molecule is CC.Cc1ncnc2c1c(Cl)cn2C. The Labute approximate surface area is 88.7 Å². The first kappa shape index (κ1) is 11.0. The Kier molecular flexibility index (Phi) is 3.47. The van der Waals surface area contributed by atoms with Crippen LogP contribution in [0, 0.1) is 6.92 Å². The second-order valence-electron chi connectivity index (χ2n) is 2.75. The van der Waals surface area contributed by atoms with E-state index in [1.165, 1.54) is 0 Å². The fraction of sp³-hybridized carbons (Fsp3) is 0.400. The van der Waals surface area contributed by atoms with Gasteiger partial charge in [-0.15, -0.1) is 0 Å². The molecule has 2 aromatic heterocycles. The molecule has 0 saturated heterocycles. The molecular formula is C10H14ClN3. The van der Waals surface area contributed by atoms with Gasteiger partial charge in [0, 0.05) is 13.2 Å². The largest absolute Gasteiger partial charge is 0.334 e. The van der Waals surface area contributed by atoms with E-state index in [0.29, 0.717) is 5.02 Å². The lowest BCUT2D eigenvalue weighted by Crippen LogP contribution is -1.90. The summed E-state index contributed by atoms with van der Waals surface area (Å²) in [6, 6.07) is 0. The molecule has 0 aliphatic heterocycles. The molecule has 14 heavy (non-hydrogen) atoms. The molecule has 0 atom stereocenters. The zero-order chi connectivity index (χ0) is 10.7. The maximum Gasteiger partial charge on any atom is 0.144 e. The number of rotatable bonds is 0. The quantitative estimate of drug-likeness (QED) is 0.671. The van der Waals surface area contributed by atoms with Gasteiger partial charge in [0.05, 0.1) is 16.1 Å². The van der Waals surface area contributed by atoms with Crippen molar-refractivity contribution in [1.82, 2.24) is 14.5 Å². The standard InChI is InChI=1S/C8H8ClN3.C2H6/c1-5-7-6(9)3-12(2)8(7)11-4-10-5;1-2/h3-4H,1-2H3;1-2H3. The Morgan fingerprint density at radius 1 is 1.29 bits per heavy atom. The molecule has 4 heteroatoms. The second kappa shape index (κ2) is 4.42. The summed E-state index contributed by atoms with van der Waals surface area (Å²) in [6.07, 6.45) is 3.39. The van der Waals surface area contributed by atoms with Crippen LogP contribution >= 0.6 is 11.6 Å². The van der Waals surface area contributed by atoms with Gasteiger partial charge in [-0.25, -0.2) is 9.97 Å². The summed E-state index contributed by atoms with van der Waals surface area (Å²) < 4.78 is 1.90. The van der Waals surface area contributed by atoms with Gasteiger partial charge in [-0.1, -0.05) is 25.4 Å². The lowest BCUT2D eigenvalue weighted by atomic mass is 10.3. The number of aryl methyl sites for hydroxylation is 2. The van der Waals surface area contributed by atoms with Gasteiger partial charge in [-0.2, -0.15) is 0 Å². The highest BCUT2D eigenvalue weighted by Gasteiger charge is 2.07. The molecule has 76 valence electrons. The predicted octanol–water partition coefficient (Wildman–Crippen LogP) is 2.96. The molecule has 0 aromatic carbocycles. The molecule has 3 nitrogen and oxygen atoms in total. The normalized spacial score (nSPS) is 9.79. The summed E-state index contributed by atoms with van der Waals surface area (Å²) in [7, 11) is 1.92. The Morgan fingerprint density at radius 3 is 2.50 bits per heavy atom. The molecule has 2 rings (SSSR count). The molecule has 2 aromatic rings. The first-order chi connectivity index (χ1) is 6.70. The van der Waals surface area contributed by atoms with Crippen LogP contribution in [0.1, 0.15) is 19.5 Å². The monoisotopic (exact) mass is 211 g/mol. The molecule has 0 aliphatic carbocycles. The van der Waals surface area contributed by atoms with Crippen LogP contribution in [0.4, 0.5) is 0 Å². The highest BCUT2D eigenvalue weighted by molar-refractivity contribution is 6.35. The van der Waals surface area contributed by atoms with Gasteiger partial charge in [-0.3, -0.25) is 0 Å². The van der Waals surface area contributed by atoms with Crippen molar-refractivity contribution in [2.24, 2.45) is 7.05 Å². The summed E-state index contributed by atoms with van der Waals surface area (Å²) in [6.45, 7) is 5.93. The minimum atomic E-state index is 0.714. The summed E-state index contributed by atoms with van der Waals surface area (Å²) >= 11 is 5.98. The first-order valence-electron chi connectivity index (χ1n) is 4.62. The second-order valence-corrected chi connectivity index (χ2v) is 3.15. The van der Waals surface area contributed by atoms with Crippen LogP contribution in [0.2, 0.25) is 5.02 Å². The van der Waals surface area contributed by atoms with E-state index in [1.54, 1.807) is 6.33 Å². The van der Waals surface area contributed by atoms with Gasteiger partial charge in [0.1, 0.15) is 12.0 Å². The third-order valence-corrected chi connectivity index (χ3v) is 2.18. The number of halogens is 1. The van der Waals surface area contributed by atoms with Crippen molar-refractivity contribution in [3.05, 3.63) is 23.2 Å². The van der Waals surface area contributed by atoms with Crippen molar-refractivity contribution < 1.29 is 0 Å². The Morgan fingerprint density at radius 2 is 1.93 bits per heavy atom. The Bertz CT molecular complexity index is 434. The third kappa shape index (κ3) is 1.73. The van der Waals surface area contributed by atoms with Crippen LogP contribution in [0.5, 0.6) is 0 Å². The number of aromatic nitrogens is 3. The van der Waals surface area contributed by atoms with Gasteiger partial charge in [-0.05, 0) is 6.92 Å². The van der Waals surface area contributed by atoms with E-state index >= 15 is 0 Å². The molecule has 0 bridgehead atoms. The molecule has 0 N–H and O–H groups in total. The number of fused-ring (bicyclic) bond motifs is 1. The van der Waals surface area contributed by atoms with Crippen molar-refractivity contribution in [2.45, 2.75) is 20.8 Å². The van der Waals surface area contributed by atoms with Crippen molar-refractivity contribution in [1.29, 1.82) is 0 Å². The zero-order valence-electron chi connectivity index (χ0n) is 8.87. The van der Waals surface area contributed by atoms with Crippen LogP contribution in [-0.2, 0) is 7.05 Å². The lowest BCUT2D eigenvalue weighted by molar-refractivity contribution is 0.941. The highest BCUT2D eigenvalue weighted by atomic mass is 35.5. The van der Waals surface area contributed by atoms with E-state index in [9.17, 15) is 0 Å². The summed E-state index contributed by atoms with van der Waals surface area (Å²) in [4.78, 5) is 8.20. The third-order valence-electron chi connectivity index (χ3n) is 1.90. The van der Waals surface area contributed by atoms with E-state index in [4.69, 9.17) is 11.6 Å².